The summed E-state index contributed by atoms with van der Waals surface area (Å²) in [6, 6.07) is 10.8. The first-order valence-electron chi connectivity index (χ1n) is 14.2. The monoisotopic (exact) mass is 655 g/mol. The number of nitrogens with zero attached hydrogens (tertiary/aromatic N) is 3. The maximum atomic E-state index is 15.4. The van der Waals surface area contributed by atoms with Crippen molar-refractivity contribution in [2.24, 2.45) is 7.05 Å². The molecule has 4 aromatic rings. The lowest BCUT2D eigenvalue weighted by Gasteiger charge is -2.23. The SMILES string of the molecule is CC.Cn1c2c(cc(Br)c1=O)-c1cccc(-n3ncc4cc(C(C)(C)C)cc(F)c4c3=O)c1CC(OSC(C)(C)C)C2. The summed E-state index contributed by atoms with van der Waals surface area (Å²) in [6.45, 7) is 16.2. The molecule has 2 heterocycles. The van der Waals surface area contributed by atoms with Crippen LogP contribution in [-0.4, -0.2) is 25.2 Å². The van der Waals surface area contributed by atoms with Crippen molar-refractivity contribution in [3.8, 4) is 16.8 Å². The number of aromatic nitrogens is 3. The van der Waals surface area contributed by atoms with E-state index in [0.717, 1.165) is 27.9 Å². The van der Waals surface area contributed by atoms with Gasteiger partial charge in [0, 0.05) is 41.3 Å². The van der Waals surface area contributed by atoms with Crippen molar-refractivity contribution in [3.63, 3.8) is 0 Å². The van der Waals surface area contributed by atoms with Crippen LogP contribution in [0.2, 0.25) is 0 Å². The van der Waals surface area contributed by atoms with Gasteiger partial charge in [0.1, 0.15) is 5.82 Å². The van der Waals surface area contributed by atoms with Gasteiger partial charge < -0.3 is 8.75 Å². The van der Waals surface area contributed by atoms with Crippen molar-refractivity contribution in [3.05, 3.63) is 90.4 Å². The lowest BCUT2D eigenvalue weighted by molar-refractivity contribution is 0.236. The molecule has 6 nitrogen and oxygen atoms in total. The molecule has 1 unspecified atom stereocenters. The molecule has 2 aromatic heterocycles. The highest BCUT2D eigenvalue weighted by Gasteiger charge is 2.29. The van der Waals surface area contributed by atoms with Gasteiger partial charge in [0.2, 0.25) is 0 Å². The van der Waals surface area contributed by atoms with E-state index in [-0.39, 0.29) is 27.2 Å². The van der Waals surface area contributed by atoms with Crippen LogP contribution in [0.1, 0.15) is 72.2 Å². The Balaban J connectivity index is 0.00000198. The molecule has 2 aromatic carbocycles. The van der Waals surface area contributed by atoms with E-state index in [1.165, 1.54) is 22.8 Å². The average molecular weight is 657 g/mol. The van der Waals surface area contributed by atoms with Gasteiger partial charge in [-0.2, -0.15) is 9.78 Å². The molecular weight excluding hydrogens is 617 g/mol. The standard InChI is InChI=1S/C31H33BrFN3O3S.C2H6/c1-30(2,3)18-11-17-16-34-36(29(38)27(17)24(33)12-18)25-10-8-9-20-21(25)13-19(39-40-31(4,5)6)14-26-22(20)15-23(32)28(37)35(26)7;1-2/h8-12,15-16,19H,13-14H2,1-7H3;1-2H3. The molecule has 0 N–H and O–H groups in total. The molecule has 42 heavy (non-hydrogen) atoms. The van der Waals surface area contributed by atoms with Crippen LogP contribution in [0.3, 0.4) is 0 Å². The van der Waals surface area contributed by atoms with Crippen LogP contribution in [0.5, 0.6) is 0 Å². The fraction of sp³-hybridized carbons (Fsp3) is 0.424. The molecule has 0 amide bonds. The van der Waals surface area contributed by atoms with Crippen LogP contribution in [0, 0.1) is 5.82 Å². The first kappa shape index (κ1) is 32.2. The first-order valence-corrected chi connectivity index (χ1v) is 15.8. The van der Waals surface area contributed by atoms with Crippen LogP contribution in [0.4, 0.5) is 4.39 Å². The van der Waals surface area contributed by atoms with Crippen LogP contribution in [-0.2, 0) is 29.5 Å². The molecule has 224 valence electrons. The van der Waals surface area contributed by atoms with Gasteiger partial charge in [0.25, 0.3) is 11.1 Å². The van der Waals surface area contributed by atoms with Crippen molar-refractivity contribution in [2.45, 2.75) is 84.5 Å². The number of rotatable bonds is 3. The number of benzene rings is 2. The first-order chi connectivity index (χ1) is 19.7. The second kappa shape index (κ2) is 12.1. The summed E-state index contributed by atoms with van der Waals surface area (Å²) in [5.74, 6) is -0.558. The molecule has 0 bridgehead atoms. The highest BCUT2D eigenvalue weighted by molar-refractivity contribution is 9.10. The van der Waals surface area contributed by atoms with Gasteiger partial charge in [-0.1, -0.05) is 46.8 Å². The third-order valence-electron chi connectivity index (χ3n) is 7.16. The molecule has 0 aliphatic heterocycles. The molecule has 0 spiro atoms. The Hall–Kier alpha value is -2.75. The third-order valence-corrected chi connectivity index (χ3v) is 8.59. The number of fused-ring (bicyclic) bond motifs is 4. The van der Waals surface area contributed by atoms with Crippen LogP contribution in [0.15, 0.2) is 56.7 Å². The molecule has 1 aliphatic carbocycles. The molecule has 5 rings (SSSR count). The van der Waals surface area contributed by atoms with Gasteiger partial charge in [-0.05, 0) is 95.1 Å². The van der Waals surface area contributed by atoms with Crippen molar-refractivity contribution in [2.75, 3.05) is 0 Å². The maximum absolute atomic E-state index is 15.4. The Bertz CT molecular complexity index is 1770. The quantitative estimate of drug-likeness (QED) is 0.210. The van der Waals surface area contributed by atoms with Crippen LogP contribution in [0.25, 0.3) is 27.6 Å². The molecular formula is C33H39BrFN3O3S. The number of hydrogen-bond donors (Lipinski definition) is 0. The van der Waals surface area contributed by atoms with Gasteiger partial charge in [0.15, 0.2) is 0 Å². The van der Waals surface area contributed by atoms with Crippen LogP contribution < -0.4 is 11.1 Å². The summed E-state index contributed by atoms with van der Waals surface area (Å²) in [6.07, 6.45) is 2.27. The van der Waals surface area contributed by atoms with E-state index in [0.29, 0.717) is 28.4 Å². The highest BCUT2D eigenvalue weighted by atomic mass is 79.9. The second-order valence-electron chi connectivity index (χ2n) is 12.4. The zero-order chi connectivity index (χ0) is 31.1. The molecule has 0 radical (unpaired) electrons. The zero-order valence-corrected chi connectivity index (χ0v) is 28.2. The van der Waals surface area contributed by atoms with Gasteiger partial charge >= 0.3 is 0 Å². The van der Waals surface area contributed by atoms with E-state index in [4.69, 9.17) is 4.18 Å². The molecule has 0 saturated heterocycles. The second-order valence-corrected chi connectivity index (χ2v) is 14.8. The lowest BCUT2D eigenvalue weighted by Crippen LogP contribution is -2.26. The van der Waals surface area contributed by atoms with Crippen LogP contribution >= 0.6 is 28.0 Å². The summed E-state index contributed by atoms with van der Waals surface area (Å²) in [7, 11) is 1.76. The molecule has 1 aliphatic rings. The number of halogens is 2. The van der Waals surface area contributed by atoms with Gasteiger partial charge in [-0.25, -0.2) is 4.39 Å². The predicted molar refractivity (Wildman–Crippen MR) is 175 cm³/mol. The minimum atomic E-state index is -0.558. The summed E-state index contributed by atoms with van der Waals surface area (Å²) >= 11 is 4.82. The summed E-state index contributed by atoms with van der Waals surface area (Å²) in [5, 5.41) is 5.00. The minimum absolute atomic E-state index is 0.0101. The van der Waals surface area contributed by atoms with E-state index in [1.54, 1.807) is 17.8 Å². The highest BCUT2D eigenvalue weighted by Crippen LogP contribution is 2.38. The number of pyridine rings is 1. The fourth-order valence-corrected chi connectivity index (χ4v) is 6.15. The predicted octanol–water partition coefficient (Wildman–Crippen LogP) is 7.91. The van der Waals surface area contributed by atoms with Crippen molar-refractivity contribution < 1.29 is 8.57 Å². The van der Waals surface area contributed by atoms with Crippen molar-refractivity contribution >= 4 is 38.7 Å². The Kier molecular flexibility index (Phi) is 9.26. The molecule has 9 heteroatoms. The summed E-state index contributed by atoms with van der Waals surface area (Å²) < 4.78 is 25.0. The summed E-state index contributed by atoms with van der Waals surface area (Å²) in [4.78, 5) is 26.6. The van der Waals surface area contributed by atoms with E-state index < -0.39 is 11.4 Å². The lowest BCUT2D eigenvalue weighted by atomic mass is 9.86. The Morgan fingerprint density at radius 2 is 1.69 bits per heavy atom. The Morgan fingerprint density at radius 1 is 1.00 bits per heavy atom. The fourth-order valence-electron chi connectivity index (χ4n) is 5.09. The smallest absolute Gasteiger partial charge is 0.282 e. The van der Waals surface area contributed by atoms with Gasteiger partial charge in [0.05, 0.1) is 27.8 Å². The van der Waals surface area contributed by atoms with E-state index in [1.807, 2.05) is 65.0 Å². The van der Waals surface area contributed by atoms with Gasteiger partial charge in [-0.15, -0.1) is 0 Å². The largest absolute Gasteiger partial charge is 0.314 e. The minimum Gasteiger partial charge on any atom is -0.314 e. The number of hydrogen-bond acceptors (Lipinski definition) is 5. The normalized spacial score (nSPS) is 15.0. The average Bonchev–Trinajstić information content (AvgIpc) is 3.08. The Labute approximate surface area is 259 Å². The van der Waals surface area contributed by atoms with Crippen molar-refractivity contribution in [1.82, 2.24) is 14.3 Å². The topological polar surface area (TPSA) is 66.1 Å². The molecule has 1 atom stereocenters. The van der Waals surface area contributed by atoms with E-state index in [2.05, 4.69) is 41.8 Å². The van der Waals surface area contributed by atoms with Crippen molar-refractivity contribution in [1.29, 1.82) is 0 Å². The zero-order valence-electron chi connectivity index (χ0n) is 25.8. The van der Waals surface area contributed by atoms with E-state index in [9.17, 15) is 9.59 Å². The summed E-state index contributed by atoms with van der Waals surface area (Å²) in [5.41, 5.74) is 3.91. The third kappa shape index (κ3) is 6.29. The van der Waals surface area contributed by atoms with E-state index >= 15 is 4.39 Å². The molecule has 0 saturated carbocycles. The van der Waals surface area contributed by atoms with Gasteiger partial charge in [-0.3, -0.25) is 9.59 Å². The Morgan fingerprint density at radius 3 is 2.33 bits per heavy atom. The maximum Gasteiger partial charge on any atom is 0.282 e. The molecule has 0 fully saturated rings.